The molecular weight excluding hydrogens is 272 g/mol. The van der Waals surface area contributed by atoms with E-state index >= 15 is 0 Å². The van der Waals surface area contributed by atoms with Gasteiger partial charge in [-0.25, -0.2) is 0 Å². The minimum atomic E-state index is -0.774. The van der Waals surface area contributed by atoms with Gasteiger partial charge in [-0.1, -0.05) is 88.3 Å². The molecule has 0 saturated heterocycles. The number of carboxylic acids is 1. The smallest absolute Gasteiger partial charge is 0.307 e. The molecule has 2 nitrogen and oxygen atoms in total. The van der Waals surface area contributed by atoms with E-state index in [-0.39, 0.29) is 6.42 Å². The van der Waals surface area contributed by atoms with E-state index in [1.807, 2.05) is 6.08 Å². The first-order valence-electron chi connectivity index (χ1n) is 8.94. The second kappa shape index (κ2) is 17.7. The molecule has 0 aromatic heterocycles. The first-order chi connectivity index (χ1) is 10.8. The normalized spacial score (nSPS) is 12.0. The topological polar surface area (TPSA) is 37.3 Å². The van der Waals surface area contributed by atoms with E-state index in [0.29, 0.717) is 0 Å². The molecule has 0 aromatic rings. The standard InChI is InChI=1S/C20H34O2/c1-2-3-4-5-6-7-8-9-10-11-12-13-14-15-16-17-18-19-20(21)22/h11-12,14-15,17-18H,2-10,13,16,19H2,1H3,(H,21,22). The van der Waals surface area contributed by atoms with Crippen molar-refractivity contribution in [1.82, 2.24) is 0 Å². The summed E-state index contributed by atoms with van der Waals surface area (Å²) in [4.78, 5) is 10.3. The molecule has 0 aliphatic rings. The number of hydrogen-bond donors (Lipinski definition) is 1. The monoisotopic (exact) mass is 306 g/mol. The van der Waals surface area contributed by atoms with Crippen molar-refractivity contribution in [2.45, 2.75) is 84.0 Å². The predicted molar refractivity (Wildman–Crippen MR) is 96.1 cm³/mol. The number of carboxylic acid groups (broad SMARTS) is 1. The van der Waals surface area contributed by atoms with Gasteiger partial charge in [-0.05, 0) is 25.7 Å². The lowest BCUT2D eigenvalue weighted by Crippen LogP contribution is -1.89. The SMILES string of the molecule is CCCCCCCCCCC=CCC=CCC=CCC(=O)O. The summed E-state index contributed by atoms with van der Waals surface area (Å²) in [6, 6.07) is 0. The summed E-state index contributed by atoms with van der Waals surface area (Å²) in [5.74, 6) is -0.774. The molecule has 0 radical (unpaired) electrons. The van der Waals surface area contributed by atoms with Crippen LogP contribution >= 0.6 is 0 Å². The van der Waals surface area contributed by atoms with Crippen LogP contribution in [0.15, 0.2) is 36.5 Å². The van der Waals surface area contributed by atoms with Crippen LogP contribution in [0.1, 0.15) is 84.0 Å². The highest BCUT2D eigenvalue weighted by Crippen LogP contribution is 2.09. The molecule has 0 bridgehead atoms. The van der Waals surface area contributed by atoms with Gasteiger partial charge in [-0.3, -0.25) is 4.79 Å². The number of hydrogen-bond acceptors (Lipinski definition) is 1. The zero-order valence-electron chi connectivity index (χ0n) is 14.3. The molecule has 0 heterocycles. The number of unbranched alkanes of at least 4 members (excludes halogenated alkanes) is 8. The fourth-order valence-electron chi connectivity index (χ4n) is 2.24. The van der Waals surface area contributed by atoms with Crippen molar-refractivity contribution in [3.8, 4) is 0 Å². The second-order valence-electron chi connectivity index (χ2n) is 5.75. The molecular formula is C20H34O2. The van der Waals surface area contributed by atoms with Crippen molar-refractivity contribution >= 4 is 5.97 Å². The van der Waals surface area contributed by atoms with Crippen molar-refractivity contribution in [2.24, 2.45) is 0 Å². The molecule has 2 heteroatoms. The predicted octanol–water partition coefficient (Wildman–Crippen LogP) is 6.44. The van der Waals surface area contributed by atoms with Gasteiger partial charge in [0.05, 0.1) is 6.42 Å². The molecule has 0 aliphatic heterocycles. The van der Waals surface area contributed by atoms with Gasteiger partial charge in [0.2, 0.25) is 0 Å². The van der Waals surface area contributed by atoms with Crippen LogP contribution in [0.4, 0.5) is 0 Å². The van der Waals surface area contributed by atoms with Crippen LogP contribution in [0, 0.1) is 0 Å². The Hall–Kier alpha value is -1.31. The molecule has 0 spiro atoms. The van der Waals surface area contributed by atoms with E-state index in [1.165, 1.54) is 57.8 Å². The van der Waals surface area contributed by atoms with Crippen molar-refractivity contribution < 1.29 is 9.90 Å². The lowest BCUT2D eigenvalue weighted by molar-refractivity contribution is -0.136. The summed E-state index contributed by atoms with van der Waals surface area (Å²) in [6.45, 7) is 2.26. The molecule has 126 valence electrons. The Morgan fingerprint density at radius 1 is 0.727 bits per heavy atom. The molecule has 1 N–H and O–H groups in total. The average Bonchev–Trinajstić information content (AvgIpc) is 2.50. The Labute approximate surface area is 137 Å². The first-order valence-corrected chi connectivity index (χ1v) is 8.94. The van der Waals surface area contributed by atoms with Crippen molar-refractivity contribution in [2.75, 3.05) is 0 Å². The highest BCUT2D eigenvalue weighted by molar-refractivity contribution is 5.68. The van der Waals surface area contributed by atoms with E-state index in [2.05, 4.69) is 31.2 Å². The zero-order valence-corrected chi connectivity index (χ0v) is 14.3. The quantitative estimate of drug-likeness (QED) is 0.279. The third-order valence-corrected chi connectivity index (χ3v) is 3.56. The van der Waals surface area contributed by atoms with Gasteiger partial charge in [0.25, 0.3) is 0 Å². The van der Waals surface area contributed by atoms with Gasteiger partial charge in [-0.15, -0.1) is 0 Å². The Kier molecular flexibility index (Phi) is 16.7. The highest BCUT2D eigenvalue weighted by atomic mass is 16.4. The minimum absolute atomic E-state index is 0.117. The number of carbonyl (C=O) groups is 1. The van der Waals surface area contributed by atoms with Crippen LogP contribution in [0.2, 0.25) is 0 Å². The van der Waals surface area contributed by atoms with Gasteiger partial charge >= 0.3 is 5.97 Å². The van der Waals surface area contributed by atoms with Crippen LogP contribution in [0.5, 0.6) is 0 Å². The van der Waals surface area contributed by atoms with Crippen molar-refractivity contribution in [3.05, 3.63) is 36.5 Å². The van der Waals surface area contributed by atoms with Crippen LogP contribution < -0.4 is 0 Å². The summed E-state index contributed by atoms with van der Waals surface area (Å²) in [6.07, 6.45) is 26.4. The Bertz CT molecular complexity index is 327. The summed E-state index contributed by atoms with van der Waals surface area (Å²) >= 11 is 0. The van der Waals surface area contributed by atoms with Crippen molar-refractivity contribution in [1.29, 1.82) is 0 Å². The molecule has 0 atom stereocenters. The number of aliphatic carboxylic acids is 1. The Balaban J connectivity index is 3.26. The van der Waals surface area contributed by atoms with Gasteiger partial charge in [0.1, 0.15) is 0 Å². The zero-order chi connectivity index (χ0) is 16.3. The first kappa shape index (κ1) is 20.7. The molecule has 22 heavy (non-hydrogen) atoms. The lowest BCUT2D eigenvalue weighted by atomic mass is 10.1. The summed E-state index contributed by atoms with van der Waals surface area (Å²) in [7, 11) is 0. The van der Waals surface area contributed by atoms with E-state index in [0.717, 1.165) is 12.8 Å². The van der Waals surface area contributed by atoms with Crippen LogP contribution in [-0.4, -0.2) is 11.1 Å². The summed E-state index contributed by atoms with van der Waals surface area (Å²) in [5.41, 5.74) is 0. The molecule has 0 fully saturated rings. The Morgan fingerprint density at radius 2 is 1.23 bits per heavy atom. The fourth-order valence-corrected chi connectivity index (χ4v) is 2.24. The van der Waals surface area contributed by atoms with Crippen molar-refractivity contribution in [3.63, 3.8) is 0 Å². The number of allylic oxidation sites excluding steroid dienone is 5. The second-order valence-corrected chi connectivity index (χ2v) is 5.75. The maximum absolute atomic E-state index is 10.3. The van der Waals surface area contributed by atoms with Gasteiger partial charge in [-0.2, -0.15) is 0 Å². The van der Waals surface area contributed by atoms with Crippen LogP contribution in [-0.2, 0) is 4.79 Å². The van der Waals surface area contributed by atoms with Gasteiger partial charge in [0.15, 0.2) is 0 Å². The van der Waals surface area contributed by atoms with E-state index in [1.54, 1.807) is 6.08 Å². The molecule has 0 aromatic carbocycles. The Morgan fingerprint density at radius 3 is 1.82 bits per heavy atom. The molecule has 0 amide bonds. The van der Waals surface area contributed by atoms with Crippen LogP contribution in [0.25, 0.3) is 0 Å². The van der Waals surface area contributed by atoms with E-state index < -0.39 is 5.97 Å². The fraction of sp³-hybridized carbons (Fsp3) is 0.650. The molecule has 0 rings (SSSR count). The summed E-state index contributed by atoms with van der Waals surface area (Å²) in [5, 5.41) is 8.46. The van der Waals surface area contributed by atoms with E-state index in [4.69, 9.17) is 5.11 Å². The van der Waals surface area contributed by atoms with E-state index in [9.17, 15) is 4.79 Å². The maximum Gasteiger partial charge on any atom is 0.307 e. The largest absolute Gasteiger partial charge is 0.481 e. The lowest BCUT2D eigenvalue weighted by Gasteiger charge is -1.99. The summed E-state index contributed by atoms with van der Waals surface area (Å²) < 4.78 is 0. The average molecular weight is 306 g/mol. The maximum atomic E-state index is 10.3. The third kappa shape index (κ3) is 18.7. The number of rotatable bonds is 15. The molecule has 0 aliphatic carbocycles. The van der Waals surface area contributed by atoms with Crippen LogP contribution in [0.3, 0.4) is 0 Å². The minimum Gasteiger partial charge on any atom is -0.481 e. The van der Waals surface area contributed by atoms with Gasteiger partial charge in [0, 0.05) is 0 Å². The highest BCUT2D eigenvalue weighted by Gasteiger charge is 1.90. The third-order valence-electron chi connectivity index (χ3n) is 3.56. The van der Waals surface area contributed by atoms with Gasteiger partial charge < -0.3 is 5.11 Å². The molecule has 0 saturated carbocycles. The molecule has 0 unspecified atom stereocenters.